The molecule has 0 spiro atoms. The Kier molecular flexibility index (Phi) is 4.02. The summed E-state index contributed by atoms with van der Waals surface area (Å²) in [5.41, 5.74) is 7.17. The van der Waals surface area contributed by atoms with Gasteiger partial charge in [-0.15, -0.1) is 5.10 Å². The van der Waals surface area contributed by atoms with Crippen LogP contribution in [-0.4, -0.2) is 27.2 Å². The Morgan fingerprint density at radius 3 is 2.72 bits per heavy atom. The normalized spacial score (nSPS) is 30.3. The van der Waals surface area contributed by atoms with Crippen LogP contribution in [0.1, 0.15) is 51.3 Å². The summed E-state index contributed by atoms with van der Waals surface area (Å²) < 4.78 is 7.82. The number of aryl methyl sites for hydroxylation is 1. The van der Waals surface area contributed by atoms with Crippen LogP contribution in [0.2, 0.25) is 0 Å². The first kappa shape index (κ1) is 13.5. The first-order chi connectivity index (χ1) is 8.59. The molecule has 1 aromatic heterocycles. The van der Waals surface area contributed by atoms with E-state index in [1.54, 1.807) is 10.9 Å². The van der Waals surface area contributed by atoms with Gasteiger partial charge >= 0.3 is 0 Å². The summed E-state index contributed by atoms with van der Waals surface area (Å²) in [4.78, 5) is 0. The molecule has 0 aliphatic heterocycles. The van der Waals surface area contributed by atoms with E-state index in [4.69, 9.17) is 10.5 Å². The second kappa shape index (κ2) is 5.36. The molecule has 1 heterocycles. The summed E-state index contributed by atoms with van der Waals surface area (Å²) in [7, 11) is 1.88. The highest BCUT2D eigenvalue weighted by Gasteiger charge is 2.42. The number of rotatable bonds is 4. The fourth-order valence-electron chi connectivity index (χ4n) is 2.93. The van der Waals surface area contributed by atoms with Gasteiger partial charge in [-0.2, -0.15) is 0 Å². The van der Waals surface area contributed by atoms with Gasteiger partial charge in [0, 0.05) is 13.7 Å². The van der Waals surface area contributed by atoms with Crippen molar-refractivity contribution >= 4 is 0 Å². The lowest BCUT2D eigenvalue weighted by Crippen LogP contribution is -2.47. The molecule has 1 aliphatic rings. The summed E-state index contributed by atoms with van der Waals surface area (Å²) in [6, 6.07) is -0.148. The van der Waals surface area contributed by atoms with E-state index in [9.17, 15) is 0 Å². The maximum atomic E-state index is 6.46. The molecule has 0 amide bonds. The van der Waals surface area contributed by atoms with E-state index >= 15 is 0 Å². The van der Waals surface area contributed by atoms with E-state index in [0.29, 0.717) is 6.61 Å². The van der Waals surface area contributed by atoms with Crippen LogP contribution in [0.25, 0.3) is 0 Å². The monoisotopic (exact) mass is 252 g/mol. The highest BCUT2D eigenvalue weighted by atomic mass is 16.5. The number of ether oxygens (including phenoxy) is 1. The molecule has 0 aromatic carbocycles. The van der Waals surface area contributed by atoms with Crippen molar-refractivity contribution < 1.29 is 4.74 Å². The van der Waals surface area contributed by atoms with Crippen LogP contribution in [0.4, 0.5) is 0 Å². The molecule has 1 fully saturated rings. The van der Waals surface area contributed by atoms with E-state index < -0.39 is 0 Å². The van der Waals surface area contributed by atoms with Crippen molar-refractivity contribution in [3.8, 4) is 0 Å². The zero-order chi connectivity index (χ0) is 13.2. The van der Waals surface area contributed by atoms with Crippen molar-refractivity contribution in [3.63, 3.8) is 0 Å². The van der Waals surface area contributed by atoms with Crippen LogP contribution in [0.15, 0.2) is 6.20 Å². The molecule has 1 unspecified atom stereocenters. The molecule has 0 bridgehead atoms. The SMILES string of the molecule is CCOC1(C(N)c2cnnn2C)CCC(C)CC1. The van der Waals surface area contributed by atoms with Gasteiger partial charge < -0.3 is 10.5 Å². The maximum Gasteiger partial charge on any atom is 0.0890 e. The molecular formula is C13H24N4O. The average molecular weight is 252 g/mol. The van der Waals surface area contributed by atoms with E-state index in [2.05, 4.69) is 17.2 Å². The molecule has 5 heteroatoms. The van der Waals surface area contributed by atoms with Crippen molar-refractivity contribution in [2.75, 3.05) is 6.61 Å². The topological polar surface area (TPSA) is 66.0 Å². The Labute approximate surface area is 109 Å². The molecule has 1 atom stereocenters. The van der Waals surface area contributed by atoms with E-state index in [0.717, 1.165) is 24.5 Å². The third-order valence-corrected chi connectivity index (χ3v) is 4.19. The Bertz CT molecular complexity index is 382. The smallest absolute Gasteiger partial charge is 0.0890 e. The van der Waals surface area contributed by atoms with Crippen LogP contribution >= 0.6 is 0 Å². The largest absolute Gasteiger partial charge is 0.373 e. The number of hydrogen-bond acceptors (Lipinski definition) is 4. The zero-order valence-electron chi connectivity index (χ0n) is 11.6. The molecule has 18 heavy (non-hydrogen) atoms. The van der Waals surface area contributed by atoms with Crippen LogP contribution in [0, 0.1) is 5.92 Å². The molecule has 1 aromatic rings. The third-order valence-electron chi connectivity index (χ3n) is 4.19. The van der Waals surface area contributed by atoms with Gasteiger partial charge in [0.2, 0.25) is 0 Å². The van der Waals surface area contributed by atoms with Crippen molar-refractivity contribution in [1.82, 2.24) is 15.0 Å². The van der Waals surface area contributed by atoms with E-state index in [1.165, 1.54) is 12.8 Å². The predicted octanol–water partition coefficient (Wildman–Crippen LogP) is 1.80. The minimum absolute atomic E-state index is 0.148. The van der Waals surface area contributed by atoms with E-state index in [-0.39, 0.29) is 11.6 Å². The molecule has 1 saturated carbocycles. The van der Waals surface area contributed by atoms with Crippen molar-refractivity contribution in [2.45, 2.75) is 51.2 Å². The molecule has 0 saturated heterocycles. The highest BCUT2D eigenvalue weighted by Crippen LogP contribution is 2.41. The Morgan fingerprint density at radius 1 is 1.56 bits per heavy atom. The average Bonchev–Trinajstić information content (AvgIpc) is 2.78. The minimum Gasteiger partial charge on any atom is -0.373 e. The lowest BCUT2D eigenvalue weighted by Gasteiger charge is -2.43. The van der Waals surface area contributed by atoms with Crippen LogP contribution in [-0.2, 0) is 11.8 Å². The van der Waals surface area contributed by atoms with Crippen LogP contribution < -0.4 is 5.73 Å². The zero-order valence-corrected chi connectivity index (χ0v) is 11.6. The lowest BCUT2D eigenvalue weighted by molar-refractivity contribution is -0.0910. The van der Waals surface area contributed by atoms with Crippen LogP contribution in [0.3, 0.4) is 0 Å². The third kappa shape index (κ3) is 2.42. The van der Waals surface area contributed by atoms with Crippen molar-refractivity contribution in [2.24, 2.45) is 18.7 Å². The summed E-state index contributed by atoms with van der Waals surface area (Å²) in [5, 5.41) is 7.89. The molecule has 0 radical (unpaired) electrons. The number of nitrogens with two attached hydrogens (primary N) is 1. The van der Waals surface area contributed by atoms with Gasteiger partial charge in [0.1, 0.15) is 0 Å². The molecule has 102 valence electrons. The number of nitrogens with zero attached hydrogens (tertiary/aromatic N) is 3. The van der Waals surface area contributed by atoms with Gasteiger partial charge in [-0.05, 0) is 38.5 Å². The molecule has 2 N–H and O–H groups in total. The molecule has 5 nitrogen and oxygen atoms in total. The lowest BCUT2D eigenvalue weighted by atomic mass is 9.74. The second-order valence-electron chi connectivity index (χ2n) is 5.44. The quantitative estimate of drug-likeness (QED) is 0.887. The molecular weight excluding hydrogens is 228 g/mol. The fourth-order valence-corrected chi connectivity index (χ4v) is 2.93. The summed E-state index contributed by atoms with van der Waals surface area (Å²) in [6.07, 6.45) is 6.16. The number of aromatic nitrogens is 3. The second-order valence-corrected chi connectivity index (χ2v) is 5.44. The summed E-state index contributed by atoms with van der Waals surface area (Å²) >= 11 is 0. The predicted molar refractivity (Wildman–Crippen MR) is 69.9 cm³/mol. The van der Waals surface area contributed by atoms with E-state index in [1.807, 2.05) is 14.0 Å². The number of hydrogen-bond donors (Lipinski definition) is 1. The van der Waals surface area contributed by atoms with Gasteiger partial charge in [0.15, 0.2) is 0 Å². The van der Waals surface area contributed by atoms with Gasteiger partial charge in [0.05, 0.1) is 23.5 Å². The van der Waals surface area contributed by atoms with Gasteiger partial charge in [-0.3, -0.25) is 4.68 Å². The summed E-state index contributed by atoms with van der Waals surface area (Å²) in [6.45, 7) is 5.04. The minimum atomic E-state index is -0.239. The first-order valence-electron chi connectivity index (χ1n) is 6.83. The first-order valence-corrected chi connectivity index (χ1v) is 6.83. The molecule has 2 rings (SSSR count). The summed E-state index contributed by atoms with van der Waals surface area (Å²) in [5.74, 6) is 0.774. The van der Waals surface area contributed by atoms with Gasteiger partial charge in [0.25, 0.3) is 0 Å². The Morgan fingerprint density at radius 2 is 2.22 bits per heavy atom. The van der Waals surface area contributed by atoms with Crippen molar-refractivity contribution in [3.05, 3.63) is 11.9 Å². The van der Waals surface area contributed by atoms with Gasteiger partial charge in [-0.1, -0.05) is 12.1 Å². The van der Waals surface area contributed by atoms with Crippen molar-refractivity contribution in [1.29, 1.82) is 0 Å². The van der Waals surface area contributed by atoms with Gasteiger partial charge in [-0.25, -0.2) is 0 Å². The Balaban J connectivity index is 2.22. The highest BCUT2D eigenvalue weighted by molar-refractivity contribution is 5.10. The molecule has 1 aliphatic carbocycles. The maximum absolute atomic E-state index is 6.46. The fraction of sp³-hybridized carbons (Fsp3) is 0.846. The standard InChI is InChI=1S/C13H24N4O/c1-4-18-13(7-5-10(2)6-8-13)12(14)11-9-15-16-17(11)3/h9-10,12H,4-8,14H2,1-3H3. The van der Waals surface area contributed by atoms with Crippen LogP contribution in [0.5, 0.6) is 0 Å². The Hall–Kier alpha value is -0.940.